The van der Waals surface area contributed by atoms with Gasteiger partial charge in [-0.2, -0.15) is 0 Å². The Kier molecular flexibility index (Phi) is 6.42. The largest absolute Gasteiger partial charge is 0.573 e. The van der Waals surface area contributed by atoms with E-state index in [1.165, 1.54) is 36.4 Å². The van der Waals surface area contributed by atoms with Gasteiger partial charge in [-0.3, -0.25) is 4.79 Å². The Morgan fingerprint density at radius 3 is 2.51 bits per heavy atom. The maximum Gasteiger partial charge on any atom is 0.573 e. The van der Waals surface area contributed by atoms with Crippen LogP contribution in [0.3, 0.4) is 0 Å². The van der Waals surface area contributed by atoms with Gasteiger partial charge in [0.1, 0.15) is 11.6 Å². The maximum atomic E-state index is 14.8. The van der Waals surface area contributed by atoms with Crippen LogP contribution >= 0.6 is 0 Å². The number of imidazole rings is 1. The van der Waals surface area contributed by atoms with Crippen molar-refractivity contribution in [2.45, 2.75) is 58.9 Å². The zero-order chi connectivity index (χ0) is 25.5. The average Bonchev–Trinajstić information content (AvgIpc) is 3.03. The Bertz CT molecular complexity index is 1240. The van der Waals surface area contributed by atoms with Gasteiger partial charge in [0, 0.05) is 23.4 Å². The van der Waals surface area contributed by atoms with Gasteiger partial charge in [-0.05, 0) is 60.9 Å². The van der Waals surface area contributed by atoms with Crippen molar-refractivity contribution in [1.29, 1.82) is 0 Å². The number of hydrogen-bond acceptors (Lipinski definition) is 4. The Morgan fingerprint density at radius 2 is 1.91 bits per heavy atom. The van der Waals surface area contributed by atoms with Crippen LogP contribution in [0, 0.1) is 17.2 Å². The number of alkyl halides is 3. The minimum atomic E-state index is -4.79. The Hall–Kier alpha value is -3.30. The van der Waals surface area contributed by atoms with E-state index in [4.69, 9.17) is 5.11 Å². The zero-order valence-corrected chi connectivity index (χ0v) is 19.6. The fourth-order valence-corrected chi connectivity index (χ4v) is 5.28. The van der Waals surface area contributed by atoms with Crippen LogP contribution in [-0.4, -0.2) is 27.0 Å². The Labute approximate surface area is 199 Å². The predicted octanol–water partition coefficient (Wildman–Crippen LogP) is 6.83. The van der Waals surface area contributed by atoms with Gasteiger partial charge in [-0.15, -0.1) is 13.2 Å². The molecule has 0 unspecified atom stereocenters. The molecule has 0 radical (unpaired) electrons. The number of hydrogen-bond donors (Lipinski definition) is 2. The second-order valence-corrected chi connectivity index (χ2v) is 10.1. The molecule has 2 atom stereocenters. The van der Waals surface area contributed by atoms with Crippen LogP contribution in [-0.2, 0) is 11.2 Å². The summed E-state index contributed by atoms with van der Waals surface area (Å²) in [5, 5.41) is 12.3. The van der Waals surface area contributed by atoms with Crippen LogP contribution in [0.4, 0.5) is 29.2 Å². The smallest absolute Gasteiger partial charge is 0.481 e. The molecule has 2 aromatic carbocycles. The van der Waals surface area contributed by atoms with Gasteiger partial charge in [0.25, 0.3) is 0 Å². The fraction of sp³-hybridized carbons (Fsp3) is 0.440. The highest BCUT2D eigenvalue weighted by Crippen LogP contribution is 2.46. The van der Waals surface area contributed by atoms with Crippen molar-refractivity contribution >= 4 is 28.6 Å². The molecule has 6 nitrogen and oxygen atoms in total. The third-order valence-electron chi connectivity index (χ3n) is 6.27. The molecule has 0 bridgehead atoms. The number of fused-ring (bicyclic) bond motifs is 1. The number of halogens is 4. The number of ether oxygens (including phenoxy) is 1. The minimum Gasteiger partial charge on any atom is -0.481 e. The summed E-state index contributed by atoms with van der Waals surface area (Å²) in [6.07, 6.45) is -2.53. The first-order valence-corrected chi connectivity index (χ1v) is 11.3. The molecule has 1 aliphatic rings. The lowest BCUT2D eigenvalue weighted by molar-refractivity contribution is -0.274. The van der Waals surface area contributed by atoms with E-state index in [1.54, 1.807) is 0 Å². The lowest BCUT2D eigenvalue weighted by atomic mass is 9.70. The highest BCUT2D eigenvalue weighted by atomic mass is 19.4. The Balaban J connectivity index is 1.76. The number of anilines is 2. The van der Waals surface area contributed by atoms with Crippen LogP contribution in [0.2, 0.25) is 0 Å². The molecule has 1 heterocycles. The highest BCUT2D eigenvalue weighted by Gasteiger charge is 2.35. The van der Waals surface area contributed by atoms with Gasteiger partial charge in [-0.25, -0.2) is 9.37 Å². The summed E-state index contributed by atoms with van der Waals surface area (Å²) < 4.78 is 58.2. The average molecular weight is 494 g/mol. The SMILES string of the molecule is C[C@H]1C[C@@H](n2c(Nc3ccc(OC(F)(F)F)cc3)nc3cc(CC(=O)O)c(F)cc32)CC(C)(C)C1. The number of carboxylic acids is 1. The first kappa shape index (κ1) is 24.8. The molecular formula is C25H27F4N3O3. The maximum absolute atomic E-state index is 14.8. The standard InChI is InChI=1S/C25H27F4N3O3/c1-14-8-17(13-24(2,3)12-14)32-21-11-19(26)15(10-22(33)34)9-20(21)31-23(32)30-16-4-6-18(7-5-16)35-25(27,28)29/h4-7,9,11,14,17H,8,10,12-13H2,1-3H3,(H,30,31)(H,33,34)/t14-,17+/m0/s1. The van der Waals surface area contributed by atoms with E-state index in [-0.39, 0.29) is 22.8 Å². The molecule has 1 saturated carbocycles. The lowest BCUT2D eigenvalue weighted by Crippen LogP contribution is -2.29. The van der Waals surface area contributed by atoms with E-state index in [0.29, 0.717) is 28.6 Å². The number of carboxylic acid groups (broad SMARTS) is 1. The van der Waals surface area contributed by atoms with Crippen molar-refractivity contribution in [1.82, 2.24) is 9.55 Å². The molecule has 1 aromatic heterocycles. The molecule has 35 heavy (non-hydrogen) atoms. The number of carbonyl (C=O) groups is 1. The first-order valence-electron chi connectivity index (χ1n) is 11.3. The topological polar surface area (TPSA) is 76.4 Å². The number of nitrogens with zero attached hydrogens (tertiary/aromatic N) is 2. The monoisotopic (exact) mass is 493 g/mol. The Morgan fingerprint density at radius 1 is 1.23 bits per heavy atom. The molecule has 10 heteroatoms. The molecule has 3 aromatic rings. The van der Waals surface area contributed by atoms with Gasteiger partial charge < -0.3 is 19.7 Å². The second-order valence-electron chi connectivity index (χ2n) is 10.1. The summed E-state index contributed by atoms with van der Waals surface area (Å²) >= 11 is 0. The second kappa shape index (κ2) is 9.05. The molecule has 0 spiro atoms. The van der Waals surface area contributed by atoms with E-state index >= 15 is 0 Å². The van der Waals surface area contributed by atoms with Crippen molar-refractivity contribution in [3.63, 3.8) is 0 Å². The summed E-state index contributed by atoms with van der Waals surface area (Å²) in [5.41, 5.74) is 1.54. The zero-order valence-electron chi connectivity index (χ0n) is 19.6. The summed E-state index contributed by atoms with van der Waals surface area (Å²) in [6.45, 7) is 6.55. The molecule has 0 saturated heterocycles. The third kappa shape index (κ3) is 5.86. The number of aliphatic carboxylic acids is 1. The molecule has 0 amide bonds. The molecular weight excluding hydrogens is 466 g/mol. The fourth-order valence-electron chi connectivity index (χ4n) is 5.28. The third-order valence-corrected chi connectivity index (χ3v) is 6.27. The van der Waals surface area contributed by atoms with Crippen LogP contribution in [0.25, 0.3) is 11.0 Å². The van der Waals surface area contributed by atoms with Crippen LogP contribution in [0.15, 0.2) is 36.4 Å². The molecule has 0 aliphatic heterocycles. The predicted molar refractivity (Wildman–Crippen MR) is 123 cm³/mol. The molecule has 4 rings (SSSR count). The van der Waals surface area contributed by atoms with Gasteiger partial charge in [-0.1, -0.05) is 20.8 Å². The highest BCUT2D eigenvalue weighted by molar-refractivity contribution is 5.82. The van der Waals surface area contributed by atoms with E-state index < -0.39 is 24.6 Å². The normalized spacial score (nSPS) is 20.1. The van der Waals surface area contributed by atoms with E-state index in [2.05, 4.69) is 35.8 Å². The van der Waals surface area contributed by atoms with E-state index in [0.717, 1.165) is 19.3 Å². The number of rotatable bonds is 6. The summed E-state index contributed by atoms with van der Waals surface area (Å²) in [4.78, 5) is 15.8. The van der Waals surface area contributed by atoms with E-state index in [9.17, 15) is 22.4 Å². The van der Waals surface area contributed by atoms with Crippen LogP contribution < -0.4 is 10.1 Å². The van der Waals surface area contributed by atoms with Gasteiger partial charge in [0.15, 0.2) is 0 Å². The van der Waals surface area contributed by atoms with Crippen molar-refractivity contribution in [3.8, 4) is 5.75 Å². The van der Waals surface area contributed by atoms with Crippen molar-refractivity contribution in [2.75, 3.05) is 5.32 Å². The summed E-state index contributed by atoms with van der Waals surface area (Å²) in [6, 6.07) is 8.02. The van der Waals surface area contributed by atoms with Gasteiger partial charge in [0.2, 0.25) is 5.95 Å². The quantitative estimate of drug-likeness (QED) is 0.368. The number of aromatic nitrogens is 2. The minimum absolute atomic E-state index is 0.00110. The lowest BCUT2D eigenvalue weighted by Gasteiger charge is -2.40. The number of benzene rings is 2. The molecule has 188 valence electrons. The molecule has 2 N–H and O–H groups in total. The first-order chi connectivity index (χ1) is 16.3. The van der Waals surface area contributed by atoms with Crippen LogP contribution in [0.1, 0.15) is 51.6 Å². The summed E-state index contributed by atoms with van der Waals surface area (Å²) in [5.74, 6) is -1.29. The van der Waals surface area contributed by atoms with Gasteiger partial charge >= 0.3 is 12.3 Å². The number of nitrogens with one attached hydrogen (secondary N) is 1. The van der Waals surface area contributed by atoms with Crippen molar-refractivity contribution < 1.29 is 32.2 Å². The van der Waals surface area contributed by atoms with Crippen LogP contribution in [0.5, 0.6) is 5.75 Å². The van der Waals surface area contributed by atoms with Crippen molar-refractivity contribution in [3.05, 3.63) is 47.8 Å². The summed E-state index contributed by atoms with van der Waals surface area (Å²) in [7, 11) is 0. The molecule has 1 aliphatic carbocycles. The van der Waals surface area contributed by atoms with Gasteiger partial charge in [0.05, 0.1) is 17.5 Å². The van der Waals surface area contributed by atoms with E-state index in [1.807, 2.05) is 4.57 Å². The molecule has 1 fully saturated rings. The van der Waals surface area contributed by atoms with Crippen molar-refractivity contribution in [2.24, 2.45) is 11.3 Å².